The summed E-state index contributed by atoms with van der Waals surface area (Å²) in [4.78, 5) is 33.0. The number of nitrogens with two attached hydrogens (primary N) is 1. The summed E-state index contributed by atoms with van der Waals surface area (Å²) >= 11 is 7.92. The Bertz CT molecular complexity index is 1700. The molecule has 0 aliphatic rings. The van der Waals surface area contributed by atoms with Crippen LogP contribution in [0.4, 0.5) is 5.82 Å². The number of aromatic nitrogens is 6. The fraction of sp³-hybridized carbons (Fsp3) is 0.0870. The van der Waals surface area contributed by atoms with E-state index in [2.05, 4.69) is 30.2 Å². The number of imidazole rings is 1. The standard InChI is InChI=1S/C23H17ClN8OS/c24-15-3-13-5-16(7-26-23(33)12-1-2-17-18(6-12)34-11-30-17)31-19(13)14(4-15)8-32-10-29-20-21(25)27-9-28-22(20)32/h1-6,9-11,31H,7-8H2,(H,26,33)(H2,25,27,28). The van der Waals surface area contributed by atoms with Crippen molar-refractivity contribution in [2.75, 3.05) is 5.73 Å². The molecule has 6 aromatic rings. The number of nitrogens with one attached hydrogen (secondary N) is 2. The van der Waals surface area contributed by atoms with Crippen LogP contribution in [0.3, 0.4) is 0 Å². The molecule has 0 fully saturated rings. The molecule has 168 valence electrons. The zero-order valence-corrected chi connectivity index (χ0v) is 19.2. The monoisotopic (exact) mass is 488 g/mol. The molecule has 0 saturated heterocycles. The van der Waals surface area contributed by atoms with Gasteiger partial charge in [0.2, 0.25) is 0 Å². The highest BCUT2D eigenvalue weighted by Gasteiger charge is 2.13. The molecular weight excluding hydrogens is 472 g/mol. The maximum Gasteiger partial charge on any atom is 0.251 e. The number of nitrogen functional groups attached to an aromatic ring is 1. The van der Waals surface area contributed by atoms with Gasteiger partial charge in [0, 0.05) is 21.7 Å². The molecule has 0 unspecified atom stereocenters. The molecule has 4 N–H and O–H groups in total. The van der Waals surface area contributed by atoms with Gasteiger partial charge in [-0.25, -0.2) is 19.9 Å². The van der Waals surface area contributed by atoms with Crippen molar-refractivity contribution in [2.24, 2.45) is 0 Å². The molecule has 4 aromatic heterocycles. The van der Waals surface area contributed by atoms with E-state index >= 15 is 0 Å². The van der Waals surface area contributed by atoms with E-state index in [1.54, 1.807) is 17.9 Å². The van der Waals surface area contributed by atoms with Crippen LogP contribution in [0.15, 0.2) is 54.6 Å². The molecule has 0 atom stereocenters. The predicted octanol–water partition coefficient (Wildman–Crippen LogP) is 4.13. The second-order valence-electron chi connectivity index (χ2n) is 7.84. The number of nitrogens with zero attached hydrogens (tertiary/aromatic N) is 5. The van der Waals surface area contributed by atoms with Crippen molar-refractivity contribution in [1.82, 2.24) is 34.8 Å². The van der Waals surface area contributed by atoms with Crippen LogP contribution >= 0.6 is 22.9 Å². The molecule has 1 amide bonds. The average Bonchev–Trinajstić information content (AvgIpc) is 3.56. The summed E-state index contributed by atoms with van der Waals surface area (Å²) in [5.74, 6) is 0.196. The summed E-state index contributed by atoms with van der Waals surface area (Å²) in [7, 11) is 0. The number of carbonyl (C=O) groups is 1. The van der Waals surface area contributed by atoms with Crippen LogP contribution < -0.4 is 11.1 Å². The van der Waals surface area contributed by atoms with Gasteiger partial charge in [-0.05, 0) is 42.0 Å². The van der Waals surface area contributed by atoms with Gasteiger partial charge in [0.25, 0.3) is 5.91 Å². The maximum atomic E-state index is 12.7. The number of carbonyl (C=O) groups excluding carboxylic acids is 1. The molecule has 0 aliphatic carbocycles. The highest BCUT2D eigenvalue weighted by atomic mass is 35.5. The molecule has 0 spiro atoms. The van der Waals surface area contributed by atoms with E-state index in [0.717, 1.165) is 32.4 Å². The van der Waals surface area contributed by atoms with Gasteiger partial charge in [0.1, 0.15) is 11.8 Å². The first kappa shape index (κ1) is 20.6. The van der Waals surface area contributed by atoms with E-state index < -0.39 is 0 Å². The largest absolute Gasteiger partial charge is 0.382 e. The minimum Gasteiger partial charge on any atom is -0.382 e. The van der Waals surface area contributed by atoms with E-state index in [1.807, 2.05) is 34.9 Å². The van der Waals surface area contributed by atoms with Crippen molar-refractivity contribution in [1.29, 1.82) is 0 Å². The predicted molar refractivity (Wildman–Crippen MR) is 133 cm³/mol. The van der Waals surface area contributed by atoms with Crippen molar-refractivity contribution >= 4 is 66.9 Å². The average molecular weight is 489 g/mol. The molecule has 4 heterocycles. The van der Waals surface area contributed by atoms with Crippen molar-refractivity contribution in [2.45, 2.75) is 13.1 Å². The summed E-state index contributed by atoms with van der Waals surface area (Å²) in [6, 6.07) is 11.3. The van der Waals surface area contributed by atoms with Gasteiger partial charge < -0.3 is 20.6 Å². The fourth-order valence-corrected chi connectivity index (χ4v) is 4.99. The minimum absolute atomic E-state index is 0.144. The van der Waals surface area contributed by atoms with Crippen molar-refractivity contribution in [3.8, 4) is 0 Å². The highest BCUT2D eigenvalue weighted by molar-refractivity contribution is 7.16. The zero-order chi connectivity index (χ0) is 23.2. The molecule has 0 bridgehead atoms. The van der Waals surface area contributed by atoms with Crippen LogP contribution in [0.1, 0.15) is 21.6 Å². The molecule has 34 heavy (non-hydrogen) atoms. The van der Waals surface area contributed by atoms with Gasteiger partial charge in [-0.2, -0.15) is 0 Å². The van der Waals surface area contributed by atoms with E-state index in [0.29, 0.717) is 40.7 Å². The summed E-state index contributed by atoms with van der Waals surface area (Å²) in [5.41, 5.74) is 13.2. The SMILES string of the molecule is Nc1ncnc2c1ncn2Cc1cc(Cl)cc2cc(CNC(=O)c3ccc4ncsc4c3)[nH]c12. The molecule has 0 saturated carbocycles. The van der Waals surface area contributed by atoms with Crippen molar-refractivity contribution in [3.05, 3.63) is 76.4 Å². The van der Waals surface area contributed by atoms with Gasteiger partial charge in [-0.15, -0.1) is 11.3 Å². The summed E-state index contributed by atoms with van der Waals surface area (Å²) in [5, 5.41) is 4.55. The number of hydrogen-bond acceptors (Lipinski definition) is 7. The Hall–Kier alpha value is -4.02. The lowest BCUT2D eigenvalue weighted by Crippen LogP contribution is -2.22. The fourth-order valence-electron chi connectivity index (χ4n) is 4.03. The highest BCUT2D eigenvalue weighted by Crippen LogP contribution is 2.27. The second-order valence-corrected chi connectivity index (χ2v) is 9.17. The third kappa shape index (κ3) is 3.62. The van der Waals surface area contributed by atoms with Crippen LogP contribution in [0.5, 0.6) is 0 Å². The first-order chi connectivity index (χ1) is 16.5. The first-order valence-corrected chi connectivity index (χ1v) is 11.6. The Labute approximate surface area is 201 Å². The summed E-state index contributed by atoms with van der Waals surface area (Å²) < 4.78 is 2.88. The zero-order valence-electron chi connectivity index (χ0n) is 17.6. The number of amides is 1. The van der Waals surface area contributed by atoms with Gasteiger partial charge in [0.15, 0.2) is 11.5 Å². The van der Waals surface area contributed by atoms with Crippen molar-refractivity contribution in [3.63, 3.8) is 0 Å². The topological polar surface area (TPSA) is 127 Å². The summed E-state index contributed by atoms with van der Waals surface area (Å²) in [6.45, 7) is 0.842. The molecule has 2 aromatic carbocycles. The summed E-state index contributed by atoms with van der Waals surface area (Å²) in [6.07, 6.45) is 3.11. The first-order valence-electron chi connectivity index (χ1n) is 10.4. The Morgan fingerprint density at radius 3 is 2.97 bits per heavy atom. The third-order valence-corrected chi connectivity index (χ3v) is 6.64. The minimum atomic E-state index is -0.144. The van der Waals surface area contributed by atoms with E-state index in [1.165, 1.54) is 17.7 Å². The van der Waals surface area contributed by atoms with E-state index in [-0.39, 0.29) is 5.91 Å². The van der Waals surface area contributed by atoms with Gasteiger partial charge >= 0.3 is 0 Å². The Balaban J connectivity index is 1.26. The molecule has 11 heteroatoms. The smallest absolute Gasteiger partial charge is 0.251 e. The maximum absolute atomic E-state index is 12.7. The molecule has 9 nitrogen and oxygen atoms in total. The number of benzene rings is 2. The van der Waals surface area contributed by atoms with Gasteiger partial charge in [-0.1, -0.05) is 11.6 Å². The van der Waals surface area contributed by atoms with Crippen LogP contribution in [-0.2, 0) is 13.1 Å². The number of aromatic amines is 1. The van der Waals surface area contributed by atoms with Crippen molar-refractivity contribution < 1.29 is 4.79 Å². The van der Waals surface area contributed by atoms with Crippen LogP contribution in [0.2, 0.25) is 5.02 Å². The quantitative estimate of drug-likeness (QED) is 0.335. The molecule has 0 aliphatic heterocycles. The molecule has 6 rings (SSSR count). The van der Waals surface area contributed by atoms with Gasteiger partial charge in [0.05, 0.1) is 40.7 Å². The lowest BCUT2D eigenvalue weighted by molar-refractivity contribution is 0.0950. The lowest BCUT2D eigenvalue weighted by Gasteiger charge is -2.07. The Morgan fingerprint density at radius 1 is 1.15 bits per heavy atom. The third-order valence-electron chi connectivity index (χ3n) is 5.63. The van der Waals surface area contributed by atoms with Crippen LogP contribution in [-0.4, -0.2) is 35.4 Å². The number of thiazole rings is 1. The number of halogens is 1. The number of hydrogen-bond donors (Lipinski definition) is 3. The molecular formula is C23H17ClN8OS. The Morgan fingerprint density at radius 2 is 2.06 bits per heavy atom. The normalized spacial score (nSPS) is 11.6. The van der Waals surface area contributed by atoms with E-state index in [9.17, 15) is 4.79 Å². The van der Waals surface area contributed by atoms with E-state index in [4.69, 9.17) is 17.3 Å². The van der Waals surface area contributed by atoms with Crippen LogP contribution in [0.25, 0.3) is 32.3 Å². The number of fused-ring (bicyclic) bond motifs is 3. The number of anilines is 1. The lowest BCUT2D eigenvalue weighted by atomic mass is 10.1. The Kier molecular flexibility index (Phi) is 4.89. The number of rotatable bonds is 5. The molecule has 0 radical (unpaired) electrons. The number of H-pyrrole nitrogens is 1. The second kappa shape index (κ2) is 8.08. The van der Waals surface area contributed by atoms with Gasteiger partial charge in [-0.3, -0.25) is 4.79 Å². The van der Waals surface area contributed by atoms with Crippen LogP contribution in [0, 0.1) is 0 Å².